The predicted molar refractivity (Wildman–Crippen MR) is 118 cm³/mol. The molecule has 0 aromatic heterocycles. The molecule has 4 heteroatoms. The average Bonchev–Trinajstić information content (AvgIpc) is 2.59. The maximum atomic E-state index is 10.8. The summed E-state index contributed by atoms with van der Waals surface area (Å²) in [5.74, 6) is 1.57. The molecule has 0 aliphatic carbocycles. The van der Waals surface area contributed by atoms with Crippen LogP contribution in [0.25, 0.3) is 0 Å². The topological polar surface area (TPSA) is 38.7 Å². The smallest absolute Gasteiger partial charge is 0.417 e. The number of hydrogen-bond acceptors (Lipinski definition) is 3. The SMILES string of the molecule is Cc1cc2c(c(C(C)(C)C)c1)OP(O)Oc1c(cc(C)cc1C(C)(C)C)CC2. The minimum atomic E-state index is -2.07. The summed E-state index contributed by atoms with van der Waals surface area (Å²) >= 11 is 0. The van der Waals surface area contributed by atoms with Gasteiger partial charge in [0.15, 0.2) is 0 Å². The van der Waals surface area contributed by atoms with Gasteiger partial charge in [-0.05, 0) is 48.6 Å². The van der Waals surface area contributed by atoms with Crippen LogP contribution in [-0.4, -0.2) is 4.89 Å². The molecule has 3 nitrogen and oxygen atoms in total. The second-order valence-electron chi connectivity index (χ2n) is 10.0. The molecule has 28 heavy (non-hydrogen) atoms. The zero-order valence-electron chi connectivity index (χ0n) is 18.4. The summed E-state index contributed by atoms with van der Waals surface area (Å²) in [5.41, 5.74) is 6.78. The van der Waals surface area contributed by atoms with Gasteiger partial charge in [-0.2, -0.15) is 0 Å². The summed E-state index contributed by atoms with van der Waals surface area (Å²) < 4.78 is 12.2. The Morgan fingerprint density at radius 2 is 1.07 bits per heavy atom. The van der Waals surface area contributed by atoms with Crippen LogP contribution >= 0.6 is 8.60 Å². The van der Waals surface area contributed by atoms with E-state index < -0.39 is 8.60 Å². The van der Waals surface area contributed by atoms with Gasteiger partial charge in [-0.25, -0.2) is 0 Å². The Morgan fingerprint density at radius 1 is 0.714 bits per heavy atom. The molecule has 3 rings (SSSR count). The van der Waals surface area contributed by atoms with Crippen LogP contribution in [0.5, 0.6) is 11.5 Å². The molecule has 0 radical (unpaired) electrons. The zero-order chi connectivity index (χ0) is 20.9. The molecule has 152 valence electrons. The number of fused-ring (bicyclic) bond motifs is 2. The van der Waals surface area contributed by atoms with Crippen molar-refractivity contribution in [3.8, 4) is 11.5 Å². The zero-order valence-corrected chi connectivity index (χ0v) is 19.3. The van der Waals surface area contributed by atoms with Crippen molar-refractivity contribution < 1.29 is 13.9 Å². The van der Waals surface area contributed by atoms with Gasteiger partial charge in [0.2, 0.25) is 0 Å². The van der Waals surface area contributed by atoms with Gasteiger partial charge in [0.05, 0.1) is 0 Å². The first-order valence-electron chi connectivity index (χ1n) is 9.99. The Morgan fingerprint density at radius 3 is 1.39 bits per heavy atom. The maximum absolute atomic E-state index is 10.8. The van der Waals surface area contributed by atoms with Crippen LogP contribution in [0, 0.1) is 13.8 Å². The van der Waals surface area contributed by atoms with Crippen LogP contribution in [0.1, 0.15) is 74.9 Å². The van der Waals surface area contributed by atoms with Gasteiger partial charge in [-0.1, -0.05) is 76.9 Å². The van der Waals surface area contributed by atoms with E-state index in [2.05, 4.69) is 79.7 Å². The fourth-order valence-electron chi connectivity index (χ4n) is 3.84. The highest BCUT2D eigenvalue weighted by Crippen LogP contribution is 2.48. The molecule has 0 spiro atoms. The lowest BCUT2D eigenvalue weighted by Crippen LogP contribution is -2.15. The fourth-order valence-corrected chi connectivity index (χ4v) is 4.62. The first kappa shape index (κ1) is 21.1. The molecule has 1 N–H and O–H groups in total. The lowest BCUT2D eigenvalue weighted by atomic mass is 9.82. The highest BCUT2D eigenvalue weighted by Gasteiger charge is 2.30. The number of benzene rings is 2. The van der Waals surface area contributed by atoms with Crippen molar-refractivity contribution in [1.82, 2.24) is 0 Å². The number of rotatable bonds is 0. The van der Waals surface area contributed by atoms with E-state index in [1.165, 1.54) is 11.1 Å². The normalized spacial score (nSPS) is 15.5. The Kier molecular flexibility index (Phi) is 5.55. The van der Waals surface area contributed by atoms with Crippen LogP contribution in [0.15, 0.2) is 24.3 Å². The minimum absolute atomic E-state index is 0.0830. The lowest BCUT2D eigenvalue weighted by Gasteiger charge is -2.27. The first-order valence-corrected chi connectivity index (χ1v) is 11.1. The average molecular weight is 400 g/mol. The second kappa shape index (κ2) is 7.35. The lowest BCUT2D eigenvalue weighted by molar-refractivity contribution is 0.370. The second-order valence-corrected chi connectivity index (χ2v) is 10.9. The van der Waals surface area contributed by atoms with E-state index in [9.17, 15) is 4.89 Å². The van der Waals surface area contributed by atoms with E-state index in [0.717, 1.165) is 46.6 Å². The summed E-state index contributed by atoms with van der Waals surface area (Å²) in [5, 5.41) is 0. The Bertz CT molecular complexity index is 815. The Hall–Kier alpha value is -1.57. The minimum Gasteiger partial charge on any atom is -0.417 e. The molecular formula is C24H33O3P. The first-order chi connectivity index (χ1) is 12.9. The molecule has 0 saturated carbocycles. The Labute approximate surface area is 171 Å². The highest BCUT2D eigenvalue weighted by molar-refractivity contribution is 7.41. The molecule has 1 heterocycles. The van der Waals surface area contributed by atoms with Crippen molar-refractivity contribution in [2.75, 3.05) is 0 Å². The van der Waals surface area contributed by atoms with Crippen LogP contribution in [0.2, 0.25) is 0 Å². The maximum Gasteiger partial charge on any atom is 0.460 e. The van der Waals surface area contributed by atoms with Gasteiger partial charge in [-0.3, -0.25) is 0 Å². The van der Waals surface area contributed by atoms with Gasteiger partial charge in [-0.15, -0.1) is 0 Å². The molecule has 2 aromatic rings. The summed E-state index contributed by atoms with van der Waals surface area (Å²) in [6, 6.07) is 8.69. The molecule has 0 unspecified atom stereocenters. The fraction of sp³-hybridized carbons (Fsp3) is 0.500. The summed E-state index contributed by atoms with van der Waals surface area (Å²) in [7, 11) is -2.07. The molecule has 0 bridgehead atoms. The molecule has 0 fully saturated rings. The molecule has 2 aromatic carbocycles. The van der Waals surface area contributed by atoms with Gasteiger partial charge in [0.25, 0.3) is 0 Å². The van der Waals surface area contributed by atoms with Crippen molar-refractivity contribution in [2.24, 2.45) is 0 Å². The molecule has 1 aliphatic heterocycles. The third-order valence-corrected chi connectivity index (χ3v) is 5.92. The van der Waals surface area contributed by atoms with Crippen molar-refractivity contribution >= 4 is 8.60 Å². The van der Waals surface area contributed by atoms with E-state index in [4.69, 9.17) is 9.05 Å². The van der Waals surface area contributed by atoms with Crippen LogP contribution in [-0.2, 0) is 23.7 Å². The number of aryl methyl sites for hydroxylation is 4. The highest BCUT2D eigenvalue weighted by atomic mass is 31.2. The van der Waals surface area contributed by atoms with Crippen LogP contribution < -0.4 is 9.05 Å². The van der Waals surface area contributed by atoms with E-state index in [0.29, 0.717) is 0 Å². The van der Waals surface area contributed by atoms with Crippen molar-refractivity contribution in [1.29, 1.82) is 0 Å². The van der Waals surface area contributed by atoms with Gasteiger partial charge >= 0.3 is 8.60 Å². The van der Waals surface area contributed by atoms with E-state index in [1.54, 1.807) is 0 Å². The third-order valence-electron chi connectivity index (χ3n) is 5.24. The van der Waals surface area contributed by atoms with Crippen molar-refractivity contribution in [3.05, 3.63) is 57.6 Å². The van der Waals surface area contributed by atoms with E-state index in [-0.39, 0.29) is 10.8 Å². The van der Waals surface area contributed by atoms with E-state index >= 15 is 0 Å². The van der Waals surface area contributed by atoms with E-state index in [1.807, 2.05) is 0 Å². The third kappa shape index (κ3) is 4.36. The van der Waals surface area contributed by atoms with Crippen LogP contribution in [0.3, 0.4) is 0 Å². The van der Waals surface area contributed by atoms with Gasteiger partial charge < -0.3 is 13.9 Å². The van der Waals surface area contributed by atoms with Crippen LogP contribution in [0.4, 0.5) is 0 Å². The summed E-state index contributed by atoms with van der Waals surface area (Å²) in [4.78, 5) is 10.8. The Balaban J connectivity index is 2.16. The molecule has 0 saturated heterocycles. The van der Waals surface area contributed by atoms with Gasteiger partial charge in [0.1, 0.15) is 11.5 Å². The standard InChI is InChI=1S/C24H33O3P/c1-15-11-17-9-10-18-12-16(2)14-20(24(6,7)8)22(18)27-28(25)26-21(17)19(13-15)23(3,4)5/h11-14,25H,9-10H2,1-8H3. The monoisotopic (exact) mass is 400 g/mol. The quantitative estimate of drug-likeness (QED) is 0.502. The number of hydrogen-bond donors (Lipinski definition) is 1. The molecule has 0 atom stereocenters. The summed E-state index contributed by atoms with van der Waals surface area (Å²) in [6.45, 7) is 17.3. The van der Waals surface area contributed by atoms with Gasteiger partial charge in [0, 0.05) is 11.1 Å². The molecule has 0 amide bonds. The van der Waals surface area contributed by atoms with Crippen molar-refractivity contribution in [3.63, 3.8) is 0 Å². The predicted octanol–water partition coefficient (Wildman–Crippen LogP) is 6.67. The summed E-state index contributed by atoms with van der Waals surface area (Å²) in [6.07, 6.45) is 1.71. The largest absolute Gasteiger partial charge is 0.460 e. The molecular weight excluding hydrogens is 367 g/mol. The molecule has 1 aliphatic rings. The van der Waals surface area contributed by atoms with Crippen molar-refractivity contribution in [2.45, 2.75) is 79.1 Å².